The zero-order valence-electron chi connectivity index (χ0n) is 17.3. The van der Waals surface area contributed by atoms with Gasteiger partial charge in [-0.25, -0.2) is 0 Å². The van der Waals surface area contributed by atoms with Crippen LogP contribution in [0.1, 0.15) is 25.3 Å². The molecule has 8 nitrogen and oxygen atoms in total. The third-order valence-corrected chi connectivity index (χ3v) is 8.08. The highest BCUT2D eigenvalue weighted by Gasteiger charge is 2.52. The number of hydrogen-bond donors (Lipinski definition) is 1. The van der Waals surface area contributed by atoms with Crippen LogP contribution in [0.4, 0.5) is 4.79 Å². The Labute approximate surface area is 188 Å². The molecule has 1 aromatic rings. The predicted molar refractivity (Wildman–Crippen MR) is 119 cm³/mol. The Morgan fingerprint density at radius 1 is 1.29 bits per heavy atom. The molecule has 3 aliphatic rings. The van der Waals surface area contributed by atoms with E-state index in [9.17, 15) is 19.2 Å². The Kier molecular flexibility index (Phi) is 6.02. The molecule has 4 amide bonds. The van der Waals surface area contributed by atoms with Gasteiger partial charge >= 0.3 is 0 Å². The molecule has 3 aliphatic heterocycles. The molecule has 2 atom stereocenters. The molecule has 1 N–H and O–H groups in total. The third kappa shape index (κ3) is 4.18. The van der Waals surface area contributed by atoms with Crippen molar-refractivity contribution in [2.75, 3.05) is 26.0 Å². The number of fused-ring (bicyclic) bond motifs is 1. The summed E-state index contributed by atoms with van der Waals surface area (Å²) in [6.07, 6.45) is 2.88. The lowest BCUT2D eigenvalue weighted by atomic mass is 10.2. The second kappa shape index (κ2) is 8.58. The number of imide groups is 1. The number of carbonyl (C=O) groups excluding carboxylic acids is 4. The van der Waals surface area contributed by atoms with E-state index in [1.165, 1.54) is 0 Å². The van der Waals surface area contributed by atoms with Gasteiger partial charge in [0, 0.05) is 25.3 Å². The van der Waals surface area contributed by atoms with Crippen molar-refractivity contribution >= 4 is 52.6 Å². The van der Waals surface area contributed by atoms with Gasteiger partial charge in [-0.15, -0.1) is 11.8 Å². The molecule has 164 valence electrons. The molecule has 31 heavy (non-hydrogen) atoms. The number of nitrogens with zero attached hydrogens (tertiary/aromatic N) is 2. The van der Waals surface area contributed by atoms with Crippen molar-refractivity contribution in [3.63, 3.8) is 0 Å². The molecule has 4 rings (SSSR count). The summed E-state index contributed by atoms with van der Waals surface area (Å²) >= 11 is 2.51. The highest BCUT2D eigenvalue weighted by atomic mass is 32.2. The summed E-state index contributed by atoms with van der Waals surface area (Å²) < 4.78 is 5.12. The van der Waals surface area contributed by atoms with Crippen molar-refractivity contribution < 1.29 is 23.9 Å². The molecule has 0 aliphatic carbocycles. The lowest BCUT2D eigenvalue weighted by Crippen LogP contribution is -2.51. The van der Waals surface area contributed by atoms with Crippen molar-refractivity contribution in [2.24, 2.45) is 0 Å². The Bertz CT molecular complexity index is 964. The first-order valence-corrected chi connectivity index (χ1v) is 11.8. The SMILES string of the molecule is COc1ccc(/C=C2/SC(=O)N(CCNC(=O)[C@@H]3CS[C@]4(C)CCC(=O)N34)C2=O)cc1. The van der Waals surface area contributed by atoms with Crippen LogP contribution in [0.2, 0.25) is 0 Å². The number of nitrogens with one attached hydrogen (secondary N) is 1. The minimum absolute atomic E-state index is 0.00209. The van der Waals surface area contributed by atoms with E-state index in [2.05, 4.69) is 5.32 Å². The van der Waals surface area contributed by atoms with Crippen LogP contribution in [0.5, 0.6) is 5.75 Å². The van der Waals surface area contributed by atoms with Gasteiger partial charge < -0.3 is 15.0 Å². The van der Waals surface area contributed by atoms with Crippen molar-refractivity contribution in [3.8, 4) is 5.75 Å². The van der Waals surface area contributed by atoms with Gasteiger partial charge in [0.05, 0.1) is 16.9 Å². The van der Waals surface area contributed by atoms with E-state index >= 15 is 0 Å². The van der Waals surface area contributed by atoms with Crippen molar-refractivity contribution in [1.82, 2.24) is 15.1 Å². The second-order valence-corrected chi connectivity index (χ2v) is 10.2. The smallest absolute Gasteiger partial charge is 0.293 e. The number of ether oxygens (including phenoxy) is 1. The molecule has 0 saturated carbocycles. The van der Waals surface area contributed by atoms with E-state index in [0.717, 1.165) is 28.6 Å². The topological polar surface area (TPSA) is 96.0 Å². The fraction of sp³-hybridized carbons (Fsp3) is 0.429. The molecule has 0 radical (unpaired) electrons. The van der Waals surface area contributed by atoms with Crippen LogP contribution < -0.4 is 10.1 Å². The quantitative estimate of drug-likeness (QED) is 0.650. The predicted octanol–water partition coefficient (Wildman–Crippen LogP) is 2.30. The Balaban J connectivity index is 1.33. The summed E-state index contributed by atoms with van der Waals surface area (Å²) in [5.74, 6) is 0.645. The lowest BCUT2D eigenvalue weighted by molar-refractivity contribution is -0.137. The molecule has 0 unspecified atom stereocenters. The monoisotopic (exact) mass is 461 g/mol. The first-order valence-electron chi connectivity index (χ1n) is 9.96. The summed E-state index contributed by atoms with van der Waals surface area (Å²) in [5.41, 5.74) is 0.789. The average molecular weight is 462 g/mol. The van der Waals surface area contributed by atoms with E-state index in [0.29, 0.717) is 22.8 Å². The number of rotatable bonds is 6. The first kappa shape index (κ1) is 21.8. The number of carbonyl (C=O) groups is 4. The minimum atomic E-state index is -0.505. The molecule has 0 spiro atoms. The molecule has 3 saturated heterocycles. The van der Waals surface area contributed by atoms with Crippen LogP contribution in [0.15, 0.2) is 29.2 Å². The molecule has 0 aromatic heterocycles. The van der Waals surface area contributed by atoms with Crippen molar-refractivity contribution in [1.29, 1.82) is 0 Å². The van der Waals surface area contributed by atoms with Gasteiger partial charge in [0.15, 0.2) is 0 Å². The maximum atomic E-state index is 12.6. The van der Waals surface area contributed by atoms with Gasteiger partial charge in [0.25, 0.3) is 11.1 Å². The lowest BCUT2D eigenvalue weighted by Gasteiger charge is -2.29. The zero-order valence-corrected chi connectivity index (χ0v) is 18.9. The van der Waals surface area contributed by atoms with Crippen LogP contribution >= 0.6 is 23.5 Å². The number of thioether (sulfide) groups is 2. The van der Waals surface area contributed by atoms with Crippen LogP contribution in [-0.2, 0) is 14.4 Å². The molecular weight excluding hydrogens is 438 g/mol. The molecule has 1 aromatic carbocycles. The van der Waals surface area contributed by atoms with Crippen molar-refractivity contribution in [3.05, 3.63) is 34.7 Å². The van der Waals surface area contributed by atoms with Gasteiger partial charge in [-0.1, -0.05) is 12.1 Å². The zero-order chi connectivity index (χ0) is 22.2. The van der Waals surface area contributed by atoms with Crippen LogP contribution in [0.25, 0.3) is 6.08 Å². The molecular formula is C21H23N3O5S2. The Morgan fingerprint density at radius 3 is 2.74 bits per heavy atom. The van der Waals surface area contributed by atoms with Gasteiger partial charge in [-0.2, -0.15) is 0 Å². The second-order valence-electron chi connectivity index (χ2n) is 7.66. The number of methoxy groups -OCH3 is 1. The fourth-order valence-corrected chi connectivity index (χ4v) is 6.26. The van der Waals surface area contributed by atoms with Gasteiger partial charge in [0.1, 0.15) is 11.8 Å². The van der Waals surface area contributed by atoms with E-state index in [-0.39, 0.29) is 40.9 Å². The summed E-state index contributed by atoms with van der Waals surface area (Å²) in [5, 5.41) is 2.42. The van der Waals surface area contributed by atoms with E-state index in [1.54, 1.807) is 54.1 Å². The van der Waals surface area contributed by atoms with Gasteiger partial charge in [0.2, 0.25) is 11.8 Å². The third-order valence-electron chi connectivity index (χ3n) is 5.67. The molecule has 3 fully saturated rings. The summed E-state index contributed by atoms with van der Waals surface area (Å²) in [6, 6.07) is 6.67. The first-order chi connectivity index (χ1) is 14.8. The van der Waals surface area contributed by atoms with Gasteiger partial charge in [-0.3, -0.25) is 24.1 Å². The summed E-state index contributed by atoms with van der Waals surface area (Å²) in [7, 11) is 1.58. The molecule has 10 heteroatoms. The number of benzene rings is 1. The highest BCUT2D eigenvalue weighted by molar-refractivity contribution is 8.18. The van der Waals surface area contributed by atoms with Crippen LogP contribution in [0, 0.1) is 0 Å². The van der Waals surface area contributed by atoms with E-state index < -0.39 is 6.04 Å². The van der Waals surface area contributed by atoms with Gasteiger partial charge in [-0.05, 0) is 48.9 Å². The van der Waals surface area contributed by atoms with E-state index in [1.807, 2.05) is 6.92 Å². The maximum Gasteiger partial charge on any atom is 0.293 e. The van der Waals surface area contributed by atoms with Crippen molar-refractivity contribution in [2.45, 2.75) is 30.7 Å². The number of hydrogen-bond acceptors (Lipinski definition) is 7. The van der Waals surface area contributed by atoms with E-state index in [4.69, 9.17) is 4.74 Å². The fourth-order valence-electron chi connectivity index (χ4n) is 3.97. The standard InChI is InChI=1S/C21H23N3O5S2/c1-21-8-7-17(25)24(21)15(12-30-21)18(26)22-9-10-23-19(27)16(31-20(23)28)11-13-3-5-14(29-2)6-4-13/h3-6,11,15H,7-10,12H2,1-2H3,(H,22,26)/b16-11+/t15-,21+/m0/s1. The highest BCUT2D eigenvalue weighted by Crippen LogP contribution is 2.47. The Morgan fingerprint density at radius 2 is 2.03 bits per heavy atom. The molecule has 3 heterocycles. The Hall–Kier alpha value is -2.46. The largest absolute Gasteiger partial charge is 0.497 e. The minimum Gasteiger partial charge on any atom is -0.497 e. The normalized spacial score (nSPS) is 26.7. The van der Waals surface area contributed by atoms with Crippen LogP contribution in [0.3, 0.4) is 0 Å². The maximum absolute atomic E-state index is 12.6. The molecule has 0 bridgehead atoms. The summed E-state index contributed by atoms with van der Waals surface area (Å²) in [4.78, 5) is 52.6. The number of amides is 4. The van der Waals surface area contributed by atoms with Crippen LogP contribution in [-0.4, -0.2) is 69.6 Å². The average Bonchev–Trinajstić information content (AvgIpc) is 3.34. The summed E-state index contributed by atoms with van der Waals surface area (Å²) in [6.45, 7) is 2.22.